The summed E-state index contributed by atoms with van der Waals surface area (Å²) in [5, 5.41) is 0. The van der Waals surface area contributed by atoms with Gasteiger partial charge in [-0.15, -0.1) is 0 Å². The maximum Gasteiger partial charge on any atom is 0.0202 e. The summed E-state index contributed by atoms with van der Waals surface area (Å²) in [5.74, 6) is 0. The zero-order valence-electron chi connectivity index (χ0n) is 8.94. The molecule has 0 radical (unpaired) electrons. The van der Waals surface area contributed by atoms with E-state index in [1.807, 2.05) is 11.8 Å². The molecule has 2 aromatic rings. The molecular formula is C14H13NS. The molecular weight excluding hydrogens is 214 g/mol. The standard InChI is InChI=1S/C14H13NS/c15-9-12-6-3-5-11-8-10-4-1-2-7-13(10)16-14(11)12/h1-7H,8-9,15H2. The van der Waals surface area contributed by atoms with Gasteiger partial charge in [-0.25, -0.2) is 0 Å². The van der Waals surface area contributed by atoms with Gasteiger partial charge in [-0.1, -0.05) is 48.2 Å². The lowest BCUT2D eigenvalue weighted by molar-refractivity contribution is 0.970. The van der Waals surface area contributed by atoms with E-state index in [-0.39, 0.29) is 0 Å². The van der Waals surface area contributed by atoms with E-state index in [9.17, 15) is 0 Å². The predicted octanol–water partition coefficient (Wildman–Crippen LogP) is 3.20. The Bertz CT molecular complexity index is 534. The summed E-state index contributed by atoms with van der Waals surface area (Å²) in [7, 11) is 0. The molecule has 0 amide bonds. The molecule has 0 spiro atoms. The summed E-state index contributed by atoms with van der Waals surface area (Å²) in [6, 6.07) is 15.0. The Morgan fingerprint density at radius 1 is 1.00 bits per heavy atom. The van der Waals surface area contributed by atoms with Crippen LogP contribution < -0.4 is 5.73 Å². The van der Waals surface area contributed by atoms with Crippen molar-refractivity contribution in [3.05, 3.63) is 59.2 Å². The average molecular weight is 227 g/mol. The number of fused-ring (bicyclic) bond motifs is 2. The van der Waals surface area contributed by atoms with Gasteiger partial charge in [-0.2, -0.15) is 0 Å². The Labute approximate surface area is 99.7 Å². The van der Waals surface area contributed by atoms with Gasteiger partial charge < -0.3 is 5.73 Å². The van der Waals surface area contributed by atoms with Crippen molar-refractivity contribution in [1.82, 2.24) is 0 Å². The number of hydrogen-bond donors (Lipinski definition) is 1. The largest absolute Gasteiger partial charge is 0.326 e. The number of hydrogen-bond acceptors (Lipinski definition) is 2. The summed E-state index contributed by atoms with van der Waals surface area (Å²) in [5.41, 5.74) is 9.88. The molecule has 2 N–H and O–H groups in total. The van der Waals surface area contributed by atoms with Crippen LogP contribution in [0.2, 0.25) is 0 Å². The van der Waals surface area contributed by atoms with Gasteiger partial charge in [0, 0.05) is 16.3 Å². The lowest BCUT2D eigenvalue weighted by atomic mass is 10.0. The van der Waals surface area contributed by atoms with E-state index in [0.29, 0.717) is 6.54 Å². The topological polar surface area (TPSA) is 26.0 Å². The van der Waals surface area contributed by atoms with Gasteiger partial charge in [0.05, 0.1) is 0 Å². The molecule has 0 aliphatic carbocycles. The summed E-state index contributed by atoms with van der Waals surface area (Å²) in [4.78, 5) is 2.74. The van der Waals surface area contributed by atoms with Crippen LogP contribution in [0.4, 0.5) is 0 Å². The summed E-state index contributed by atoms with van der Waals surface area (Å²) in [6.45, 7) is 0.623. The van der Waals surface area contributed by atoms with E-state index in [1.54, 1.807) is 0 Å². The van der Waals surface area contributed by atoms with Crippen molar-refractivity contribution >= 4 is 11.8 Å². The highest BCUT2D eigenvalue weighted by molar-refractivity contribution is 7.99. The highest BCUT2D eigenvalue weighted by Gasteiger charge is 2.17. The van der Waals surface area contributed by atoms with Crippen LogP contribution >= 0.6 is 11.8 Å². The number of benzene rings is 2. The quantitative estimate of drug-likeness (QED) is 0.691. The third-order valence-electron chi connectivity index (χ3n) is 2.96. The molecule has 1 heterocycles. The van der Waals surface area contributed by atoms with Crippen LogP contribution in [0.25, 0.3) is 0 Å². The van der Waals surface area contributed by atoms with E-state index < -0.39 is 0 Å². The molecule has 0 aromatic heterocycles. The van der Waals surface area contributed by atoms with Crippen LogP contribution in [0.15, 0.2) is 52.3 Å². The molecule has 1 nitrogen and oxygen atoms in total. The number of nitrogens with two attached hydrogens (primary N) is 1. The Morgan fingerprint density at radius 2 is 1.81 bits per heavy atom. The minimum atomic E-state index is 0.623. The van der Waals surface area contributed by atoms with E-state index in [4.69, 9.17) is 5.73 Å². The SMILES string of the molecule is NCc1cccc2c1Sc1ccccc1C2. The fourth-order valence-electron chi connectivity index (χ4n) is 2.13. The Morgan fingerprint density at radius 3 is 2.69 bits per heavy atom. The summed E-state index contributed by atoms with van der Waals surface area (Å²) in [6.07, 6.45) is 1.03. The fraction of sp³-hybridized carbons (Fsp3) is 0.143. The molecule has 16 heavy (non-hydrogen) atoms. The molecule has 0 saturated carbocycles. The molecule has 1 aliphatic heterocycles. The average Bonchev–Trinajstić information content (AvgIpc) is 2.35. The van der Waals surface area contributed by atoms with Crippen LogP contribution in [0.5, 0.6) is 0 Å². The Hall–Kier alpha value is -1.25. The van der Waals surface area contributed by atoms with Crippen molar-refractivity contribution in [3.8, 4) is 0 Å². The smallest absolute Gasteiger partial charge is 0.0202 e. The van der Waals surface area contributed by atoms with Gasteiger partial charge in [-0.3, -0.25) is 0 Å². The van der Waals surface area contributed by atoms with Gasteiger partial charge in [0.25, 0.3) is 0 Å². The highest BCUT2D eigenvalue weighted by Crippen LogP contribution is 2.40. The molecule has 80 valence electrons. The molecule has 0 atom stereocenters. The van der Waals surface area contributed by atoms with E-state index in [1.165, 1.54) is 26.5 Å². The second kappa shape index (κ2) is 3.96. The first-order valence-corrected chi connectivity index (χ1v) is 6.27. The van der Waals surface area contributed by atoms with E-state index in [2.05, 4.69) is 42.5 Å². The second-order valence-corrected chi connectivity index (χ2v) is 5.05. The van der Waals surface area contributed by atoms with Gasteiger partial charge in [0.15, 0.2) is 0 Å². The minimum absolute atomic E-state index is 0.623. The van der Waals surface area contributed by atoms with Crippen LogP contribution in [-0.4, -0.2) is 0 Å². The first-order valence-electron chi connectivity index (χ1n) is 5.45. The van der Waals surface area contributed by atoms with Gasteiger partial charge in [-0.05, 0) is 29.2 Å². The van der Waals surface area contributed by atoms with Crippen LogP contribution in [0.3, 0.4) is 0 Å². The van der Waals surface area contributed by atoms with Gasteiger partial charge in [0.2, 0.25) is 0 Å². The van der Waals surface area contributed by atoms with E-state index >= 15 is 0 Å². The van der Waals surface area contributed by atoms with Gasteiger partial charge in [0.1, 0.15) is 0 Å². The molecule has 3 rings (SSSR count). The number of rotatable bonds is 1. The maximum atomic E-state index is 5.78. The molecule has 2 aromatic carbocycles. The Balaban J connectivity index is 2.12. The van der Waals surface area contributed by atoms with Crippen molar-refractivity contribution in [3.63, 3.8) is 0 Å². The maximum absolute atomic E-state index is 5.78. The van der Waals surface area contributed by atoms with Crippen molar-refractivity contribution in [1.29, 1.82) is 0 Å². The third-order valence-corrected chi connectivity index (χ3v) is 4.31. The molecule has 2 heteroatoms. The zero-order valence-corrected chi connectivity index (χ0v) is 9.76. The van der Waals surface area contributed by atoms with Crippen molar-refractivity contribution in [2.75, 3.05) is 0 Å². The molecule has 0 fully saturated rings. The lowest BCUT2D eigenvalue weighted by Crippen LogP contribution is -2.05. The Kier molecular flexibility index (Phi) is 2.46. The second-order valence-electron chi connectivity index (χ2n) is 4.00. The summed E-state index contributed by atoms with van der Waals surface area (Å²) >= 11 is 1.85. The molecule has 0 saturated heterocycles. The first kappa shape index (κ1) is 9.94. The van der Waals surface area contributed by atoms with Crippen LogP contribution in [0.1, 0.15) is 16.7 Å². The molecule has 1 aliphatic rings. The van der Waals surface area contributed by atoms with Crippen molar-refractivity contribution < 1.29 is 0 Å². The lowest BCUT2D eigenvalue weighted by Gasteiger charge is -2.20. The normalized spacial score (nSPS) is 13.1. The molecule has 0 bridgehead atoms. The summed E-state index contributed by atoms with van der Waals surface area (Å²) < 4.78 is 0. The zero-order chi connectivity index (χ0) is 11.0. The van der Waals surface area contributed by atoms with Crippen LogP contribution in [0, 0.1) is 0 Å². The fourth-order valence-corrected chi connectivity index (χ4v) is 3.33. The minimum Gasteiger partial charge on any atom is -0.326 e. The molecule has 0 unspecified atom stereocenters. The van der Waals surface area contributed by atoms with Gasteiger partial charge >= 0.3 is 0 Å². The van der Waals surface area contributed by atoms with E-state index in [0.717, 1.165) is 6.42 Å². The highest BCUT2D eigenvalue weighted by atomic mass is 32.2. The monoisotopic (exact) mass is 227 g/mol. The van der Waals surface area contributed by atoms with Crippen molar-refractivity contribution in [2.24, 2.45) is 5.73 Å². The first-order chi connectivity index (χ1) is 7.88. The predicted molar refractivity (Wildman–Crippen MR) is 67.7 cm³/mol. The van der Waals surface area contributed by atoms with Crippen molar-refractivity contribution in [2.45, 2.75) is 22.8 Å². The van der Waals surface area contributed by atoms with Crippen LogP contribution in [-0.2, 0) is 13.0 Å². The third kappa shape index (κ3) is 1.55.